The van der Waals surface area contributed by atoms with Crippen LogP contribution < -0.4 is 0 Å². The molecule has 0 aliphatic rings. The average molecular weight is 252 g/mol. The second-order valence-corrected chi connectivity index (χ2v) is 4.39. The molecule has 96 valence electrons. The van der Waals surface area contributed by atoms with Crippen LogP contribution in [0.5, 0.6) is 0 Å². The van der Waals surface area contributed by atoms with E-state index >= 15 is 0 Å². The van der Waals surface area contributed by atoms with E-state index in [0.29, 0.717) is 0 Å². The summed E-state index contributed by atoms with van der Waals surface area (Å²) in [6.07, 6.45) is 1.18. The van der Waals surface area contributed by atoms with E-state index in [1.54, 1.807) is 0 Å². The van der Waals surface area contributed by atoms with Gasteiger partial charge in [-0.3, -0.25) is 0 Å². The molecule has 2 aromatic rings. The molecule has 0 amide bonds. The summed E-state index contributed by atoms with van der Waals surface area (Å²) in [4.78, 5) is 11.6. The van der Waals surface area contributed by atoms with Gasteiger partial charge >= 0.3 is 5.97 Å². The number of carbonyl (C=O) groups is 1. The Labute approximate surface area is 113 Å². The molecule has 2 aromatic carbocycles. The second kappa shape index (κ2) is 5.53. The molecule has 0 spiro atoms. The van der Waals surface area contributed by atoms with Gasteiger partial charge in [-0.25, -0.2) is 4.79 Å². The molecule has 0 heterocycles. The minimum atomic E-state index is -0.812. The van der Waals surface area contributed by atoms with Crippen molar-refractivity contribution in [3.05, 3.63) is 84.4 Å². The van der Waals surface area contributed by atoms with E-state index in [2.05, 4.69) is 6.58 Å². The van der Waals surface area contributed by atoms with E-state index in [1.165, 1.54) is 6.08 Å². The minimum absolute atomic E-state index is 0.435. The molecule has 0 atom stereocenters. The van der Waals surface area contributed by atoms with Crippen molar-refractivity contribution in [2.45, 2.75) is 12.5 Å². The third kappa shape index (κ3) is 2.74. The maximum atomic E-state index is 11.6. The number of ether oxygens (including phenoxy) is 1. The van der Waals surface area contributed by atoms with Crippen molar-refractivity contribution >= 4 is 5.97 Å². The molecule has 0 unspecified atom stereocenters. The molecule has 2 rings (SSSR count). The molecule has 0 N–H and O–H groups in total. The van der Waals surface area contributed by atoms with Crippen LogP contribution in [-0.4, -0.2) is 5.97 Å². The van der Waals surface area contributed by atoms with Crippen molar-refractivity contribution in [3.8, 4) is 0 Å². The molecule has 0 saturated carbocycles. The van der Waals surface area contributed by atoms with E-state index in [1.807, 2.05) is 67.6 Å². The SMILES string of the molecule is C=CC(=O)OC(C)(c1ccccc1)c1ccccc1. The molecule has 0 aliphatic carbocycles. The highest BCUT2D eigenvalue weighted by Gasteiger charge is 2.32. The Kier molecular flexibility index (Phi) is 3.81. The molecule has 0 saturated heterocycles. The Morgan fingerprint density at radius 1 is 1.00 bits per heavy atom. The lowest BCUT2D eigenvalue weighted by molar-refractivity contribution is -0.149. The molecule has 0 bridgehead atoms. The molecule has 2 nitrogen and oxygen atoms in total. The van der Waals surface area contributed by atoms with E-state index in [-0.39, 0.29) is 0 Å². The van der Waals surface area contributed by atoms with Gasteiger partial charge < -0.3 is 4.74 Å². The van der Waals surface area contributed by atoms with Crippen LogP contribution in [0.1, 0.15) is 18.1 Å². The highest BCUT2D eigenvalue weighted by atomic mass is 16.6. The summed E-state index contributed by atoms with van der Waals surface area (Å²) in [6.45, 7) is 5.35. The van der Waals surface area contributed by atoms with Gasteiger partial charge in [0.1, 0.15) is 0 Å². The summed E-state index contributed by atoms with van der Waals surface area (Å²) < 4.78 is 5.60. The van der Waals surface area contributed by atoms with Gasteiger partial charge in [0.2, 0.25) is 0 Å². The number of esters is 1. The summed E-state index contributed by atoms with van der Waals surface area (Å²) in [5.41, 5.74) is 1.04. The maximum Gasteiger partial charge on any atom is 0.331 e. The normalized spacial score (nSPS) is 10.8. The van der Waals surface area contributed by atoms with Crippen molar-refractivity contribution in [2.75, 3.05) is 0 Å². The summed E-state index contributed by atoms with van der Waals surface area (Å²) in [5, 5.41) is 0. The largest absolute Gasteiger partial charge is 0.446 e. The quantitative estimate of drug-likeness (QED) is 0.613. The first-order valence-electron chi connectivity index (χ1n) is 6.13. The number of hydrogen-bond acceptors (Lipinski definition) is 2. The monoisotopic (exact) mass is 252 g/mol. The predicted molar refractivity (Wildman–Crippen MR) is 75.6 cm³/mol. The zero-order chi connectivity index (χ0) is 13.7. The van der Waals surface area contributed by atoms with Gasteiger partial charge in [0.25, 0.3) is 0 Å². The lowest BCUT2D eigenvalue weighted by Gasteiger charge is -2.30. The fourth-order valence-corrected chi connectivity index (χ4v) is 2.04. The van der Waals surface area contributed by atoms with Gasteiger partial charge in [-0.1, -0.05) is 67.2 Å². The lowest BCUT2D eigenvalue weighted by Crippen LogP contribution is -2.29. The molecule has 0 aliphatic heterocycles. The van der Waals surface area contributed by atoms with E-state index in [4.69, 9.17) is 4.74 Å². The molecular formula is C17H16O2. The summed E-state index contributed by atoms with van der Waals surface area (Å²) in [6, 6.07) is 19.4. The van der Waals surface area contributed by atoms with E-state index in [0.717, 1.165) is 11.1 Å². The van der Waals surface area contributed by atoms with Gasteiger partial charge in [-0.15, -0.1) is 0 Å². The van der Waals surface area contributed by atoms with Gasteiger partial charge in [0.05, 0.1) is 0 Å². The summed E-state index contributed by atoms with van der Waals surface area (Å²) in [5.74, 6) is -0.435. The predicted octanol–water partition coefficient (Wildman–Crippen LogP) is 3.68. The third-order valence-electron chi connectivity index (χ3n) is 3.12. The number of hydrogen-bond donors (Lipinski definition) is 0. The van der Waals surface area contributed by atoms with Crippen LogP contribution in [0.2, 0.25) is 0 Å². The highest BCUT2D eigenvalue weighted by Crippen LogP contribution is 2.33. The maximum absolute atomic E-state index is 11.6. The second-order valence-electron chi connectivity index (χ2n) is 4.39. The van der Waals surface area contributed by atoms with E-state index < -0.39 is 11.6 Å². The Bertz CT molecular complexity index is 519. The number of benzene rings is 2. The fraction of sp³-hybridized carbons (Fsp3) is 0.118. The van der Waals surface area contributed by atoms with E-state index in [9.17, 15) is 4.79 Å². The van der Waals surface area contributed by atoms with Crippen molar-refractivity contribution in [1.82, 2.24) is 0 Å². The Hall–Kier alpha value is -2.35. The average Bonchev–Trinajstić information content (AvgIpc) is 2.48. The fourth-order valence-electron chi connectivity index (χ4n) is 2.04. The number of carbonyl (C=O) groups excluding carboxylic acids is 1. The number of rotatable bonds is 4. The van der Waals surface area contributed by atoms with Crippen LogP contribution in [-0.2, 0) is 15.1 Å². The van der Waals surface area contributed by atoms with Crippen LogP contribution in [0, 0.1) is 0 Å². The first-order valence-corrected chi connectivity index (χ1v) is 6.13. The zero-order valence-corrected chi connectivity index (χ0v) is 10.9. The molecular weight excluding hydrogens is 236 g/mol. The molecule has 0 radical (unpaired) electrons. The van der Waals surface area contributed by atoms with Crippen LogP contribution in [0.15, 0.2) is 73.3 Å². The third-order valence-corrected chi connectivity index (χ3v) is 3.12. The van der Waals surface area contributed by atoms with Gasteiger partial charge in [0.15, 0.2) is 5.60 Å². The molecule has 2 heteroatoms. The Morgan fingerprint density at radius 3 is 1.79 bits per heavy atom. The minimum Gasteiger partial charge on any atom is -0.446 e. The smallest absolute Gasteiger partial charge is 0.331 e. The topological polar surface area (TPSA) is 26.3 Å². The zero-order valence-electron chi connectivity index (χ0n) is 10.9. The van der Waals surface area contributed by atoms with Crippen molar-refractivity contribution in [2.24, 2.45) is 0 Å². The Morgan fingerprint density at radius 2 is 1.42 bits per heavy atom. The summed E-state index contributed by atoms with van der Waals surface area (Å²) in [7, 11) is 0. The van der Waals surface area contributed by atoms with Gasteiger partial charge in [0, 0.05) is 6.08 Å². The van der Waals surface area contributed by atoms with Gasteiger partial charge in [-0.2, -0.15) is 0 Å². The van der Waals surface area contributed by atoms with Crippen molar-refractivity contribution < 1.29 is 9.53 Å². The Balaban J connectivity index is 2.50. The standard InChI is InChI=1S/C17H16O2/c1-3-16(18)19-17(2,14-10-6-4-7-11-14)15-12-8-5-9-13-15/h3-13H,1H2,2H3. The highest BCUT2D eigenvalue weighted by molar-refractivity contribution is 5.82. The molecule has 0 aromatic heterocycles. The lowest BCUT2D eigenvalue weighted by atomic mass is 9.88. The first-order chi connectivity index (χ1) is 9.16. The van der Waals surface area contributed by atoms with Crippen molar-refractivity contribution in [1.29, 1.82) is 0 Å². The first kappa shape index (κ1) is 13.1. The van der Waals surface area contributed by atoms with Crippen LogP contribution >= 0.6 is 0 Å². The molecule has 0 fully saturated rings. The van der Waals surface area contributed by atoms with Crippen molar-refractivity contribution in [3.63, 3.8) is 0 Å². The van der Waals surface area contributed by atoms with Crippen LogP contribution in [0.25, 0.3) is 0 Å². The van der Waals surface area contributed by atoms with Gasteiger partial charge in [-0.05, 0) is 18.1 Å². The molecule has 19 heavy (non-hydrogen) atoms. The van der Waals surface area contributed by atoms with Crippen LogP contribution in [0.3, 0.4) is 0 Å². The van der Waals surface area contributed by atoms with Crippen LogP contribution in [0.4, 0.5) is 0 Å². The summed E-state index contributed by atoms with van der Waals surface area (Å²) >= 11 is 0.